The highest BCUT2D eigenvalue weighted by Gasteiger charge is 1.74. The molecule has 0 unspecified atom stereocenters. The minimum atomic E-state index is 0.983. The summed E-state index contributed by atoms with van der Waals surface area (Å²) in [5.74, 6) is 0. The third-order valence-electron chi connectivity index (χ3n) is 1.70. The number of unbranched alkanes of at least 4 members (excludes halogenated alkanes) is 3. The van der Waals surface area contributed by atoms with Crippen molar-refractivity contribution in [2.45, 2.75) is 39.0 Å². The Bertz CT molecular complexity index is 161. The maximum absolute atomic E-state index is 3.76. The van der Waals surface area contributed by atoms with E-state index in [9.17, 15) is 0 Å². The molecule has 73 valence electrons. The molecule has 0 heterocycles. The van der Waals surface area contributed by atoms with E-state index in [1.807, 2.05) is 0 Å². The van der Waals surface area contributed by atoms with Crippen LogP contribution in [0.3, 0.4) is 0 Å². The Morgan fingerprint density at radius 3 is 2.08 bits per heavy atom. The summed E-state index contributed by atoms with van der Waals surface area (Å²) < 4.78 is 0. The third kappa shape index (κ3) is 11.2. The fraction of sp³-hybridized carbons (Fsp3) is 0.462. The normalized spacial score (nSPS) is 12.5. The third-order valence-corrected chi connectivity index (χ3v) is 1.70. The highest BCUT2D eigenvalue weighted by molar-refractivity contribution is 5.10. The van der Waals surface area contributed by atoms with Crippen LogP contribution in [0, 0.1) is 6.92 Å². The van der Waals surface area contributed by atoms with Gasteiger partial charge in [-0.3, -0.25) is 0 Å². The smallest absolute Gasteiger partial charge is 0.0348 e. The van der Waals surface area contributed by atoms with Gasteiger partial charge in [-0.25, -0.2) is 0 Å². The Labute approximate surface area is 83.0 Å². The molecule has 0 aromatic carbocycles. The highest BCUT2D eigenvalue weighted by Crippen LogP contribution is 1.95. The van der Waals surface area contributed by atoms with Gasteiger partial charge in [0.25, 0.3) is 0 Å². The van der Waals surface area contributed by atoms with Gasteiger partial charge in [0.15, 0.2) is 0 Å². The van der Waals surface area contributed by atoms with Crippen molar-refractivity contribution in [1.29, 1.82) is 0 Å². The lowest BCUT2D eigenvalue weighted by molar-refractivity contribution is 0.815. The first kappa shape index (κ1) is 12.2. The molecule has 1 radical (unpaired) electrons. The van der Waals surface area contributed by atoms with E-state index < -0.39 is 0 Å². The second-order valence-electron chi connectivity index (χ2n) is 3.03. The lowest BCUT2D eigenvalue weighted by atomic mass is 10.2. The fourth-order valence-electron chi connectivity index (χ4n) is 0.918. The van der Waals surface area contributed by atoms with Crippen LogP contribution in [-0.4, -0.2) is 0 Å². The van der Waals surface area contributed by atoms with E-state index in [0.717, 1.165) is 12.8 Å². The van der Waals surface area contributed by atoms with E-state index in [2.05, 4.69) is 50.3 Å². The molecule has 0 fully saturated rings. The van der Waals surface area contributed by atoms with E-state index in [4.69, 9.17) is 0 Å². The predicted octanol–water partition coefficient (Wildman–Crippen LogP) is 4.46. The minimum absolute atomic E-state index is 0.983. The van der Waals surface area contributed by atoms with Crippen LogP contribution in [0.5, 0.6) is 0 Å². The van der Waals surface area contributed by atoms with Crippen LogP contribution in [0.25, 0.3) is 0 Å². The maximum atomic E-state index is 3.76. The van der Waals surface area contributed by atoms with Gasteiger partial charge in [-0.15, -0.1) is 0 Å². The molecule has 13 heavy (non-hydrogen) atoms. The SMILES string of the molecule is [CH2]CCC=CC=CC=CCCCC. The van der Waals surface area contributed by atoms with Gasteiger partial charge >= 0.3 is 0 Å². The van der Waals surface area contributed by atoms with E-state index in [1.165, 1.54) is 19.3 Å². The molecule has 0 aliphatic carbocycles. The van der Waals surface area contributed by atoms with Gasteiger partial charge in [0.05, 0.1) is 0 Å². The van der Waals surface area contributed by atoms with Crippen LogP contribution in [-0.2, 0) is 0 Å². The van der Waals surface area contributed by atoms with Crippen LogP contribution in [0.4, 0.5) is 0 Å². The van der Waals surface area contributed by atoms with Crippen molar-refractivity contribution >= 4 is 0 Å². The van der Waals surface area contributed by atoms with Crippen LogP contribution in [0.1, 0.15) is 39.0 Å². The Morgan fingerprint density at radius 2 is 1.54 bits per heavy atom. The second-order valence-corrected chi connectivity index (χ2v) is 3.03. The van der Waals surface area contributed by atoms with E-state index in [0.29, 0.717) is 0 Å². The topological polar surface area (TPSA) is 0 Å². The molecule has 0 rings (SSSR count). The zero-order chi connectivity index (χ0) is 9.78. The summed E-state index contributed by atoms with van der Waals surface area (Å²) in [6.07, 6.45) is 18.5. The summed E-state index contributed by atoms with van der Waals surface area (Å²) in [7, 11) is 0. The van der Waals surface area contributed by atoms with Crippen molar-refractivity contribution in [2.24, 2.45) is 0 Å². The Hall–Kier alpha value is -0.780. The molecule has 0 aromatic rings. The first-order valence-electron chi connectivity index (χ1n) is 5.19. The number of hydrogen-bond acceptors (Lipinski definition) is 0. The van der Waals surface area contributed by atoms with Crippen LogP contribution >= 0.6 is 0 Å². The predicted molar refractivity (Wildman–Crippen MR) is 61.5 cm³/mol. The zero-order valence-corrected chi connectivity index (χ0v) is 8.71. The van der Waals surface area contributed by atoms with Crippen LogP contribution < -0.4 is 0 Å². The van der Waals surface area contributed by atoms with E-state index in [1.54, 1.807) is 0 Å². The highest BCUT2D eigenvalue weighted by atomic mass is 13.8. The molecule has 0 atom stereocenters. The monoisotopic (exact) mass is 177 g/mol. The molecule has 0 saturated heterocycles. The van der Waals surface area contributed by atoms with Gasteiger partial charge in [-0.05, 0) is 19.3 Å². The number of hydrogen-bond donors (Lipinski definition) is 0. The molecule has 0 aliphatic heterocycles. The Balaban J connectivity index is 3.34. The summed E-state index contributed by atoms with van der Waals surface area (Å²) in [6, 6.07) is 0. The average molecular weight is 177 g/mol. The standard InChI is InChI=1S/C13H21/c1-3-5-7-9-11-13-12-10-8-6-4-2/h7,9-13H,1,3-6,8H2,2H3. The van der Waals surface area contributed by atoms with Gasteiger partial charge in [-0.1, -0.05) is 63.1 Å². The molecular formula is C13H21. The molecule has 0 aromatic heterocycles. The van der Waals surface area contributed by atoms with Crippen molar-refractivity contribution in [3.63, 3.8) is 0 Å². The molecule has 0 bridgehead atoms. The van der Waals surface area contributed by atoms with Gasteiger partial charge < -0.3 is 0 Å². The molecule has 0 heteroatoms. The molecule has 0 spiro atoms. The van der Waals surface area contributed by atoms with Crippen molar-refractivity contribution in [3.05, 3.63) is 43.4 Å². The Kier molecular flexibility index (Phi) is 10.5. The molecule has 0 aliphatic rings. The summed E-state index contributed by atoms with van der Waals surface area (Å²) in [5, 5.41) is 0. The van der Waals surface area contributed by atoms with Gasteiger partial charge in [-0.2, -0.15) is 0 Å². The first-order valence-corrected chi connectivity index (χ1v) is 5.19. The van der Waals surface area contributed by atoms with Crippen molar-refractivity contribution in [2.75, 3.05) is 0 Å². The van der Waals surface area contributed by atoms with Crippen LogP contribution in [0.2, 0.25) is 0 Å². The summed E-state index contributed by atoms with van der Waals surface area (Å²) >= 11 is 0. The average Bonchev–Trinajstić information content (AvgIpc) is 2.16. The molecule has 0 N–H and O–H groups in total. The number of rotatable bonds is 7. The molecule has 0 nitrogen and oxygen atoms in total. The maximum Gasteiger partial charge on any atom is -0.0348 e. The van der Waals surface area contributed by atoms with Crippen molar-refractivity contribution in [3.8, 4) is 0 Å². The van der Waals surface area contributed by atoms with Crippen molar-refractivity contribution in [1.82, 2.24) is 0 Å². The molecular weight excluding hydrogens is 156 g/mol. The van der Waals surface area contributed by atoms with Crippen molar-refractivity contribution < 1.29 is 0 Å². The molecule has 0 amide bonds. The van der Waals surface area contributed by atoms with Crippen LogP contribution in [0.15, 0.2) is 36.5 Å². The minimum Gasteiger partial charge on any atom is -0.0845 e. The van der Waals surface area contributed by atoms with E-state index in [-0.39, 0.29) is 0 Å². The Morgan fingerprint density at radius 1 is 0.923 bits per heavy atom. The first-order chi connectivity index (χ1) is 6.41. The zero-order valence-electron chi connectivity index (χ0n) is 8.71. The largest absolute Gasteiger partial charge is 0.0845 e. The quantitative estimate of drug-likeness (QED) is 0.398. The van der Waals surface area contributed by atoms with E-state index >= 15 is 0 Å². The lowest BCUT2D eigenvalue weighted by Gasteiger charge is -1.85. The fourth-order valence-corrected chi connectivity index (χ4v) is 0.918. The molecule has 0 saturated carbocycles. The van der Waals surface area contributed by atoms with Gasteiger partial charge in [0, 0.05) is 0 Å². The van der Waals surface area contributed by atoms with Gasteiger partial charge in [0.2, 0.25) is 0 Å². The second kappa shape index (κ2) is 11.2. The number of allylic oxidation sites excluding steroid dienone is 6. The van der Waals surface area contributed by atoms with Gasteiger partial charge in [0.1, 0.15) is 0 Å². The summed E-state index contributed by atoms with van der Waals surface area (Å²) in [5.41, 5.74) is 0. The summed E-state index contributed by atoms with van der Waals surface area (Å²) in [4.78, 5) is 0. The summed E-state index contributed by atoms with van der Waals surface area (Å²) in [6.45, 7) is 5.98. The lowest BCUT2D eigenvalue weighted by Crippen LogP contribution is -1.64.